The highest BCUT2D eigenvalue weighted by atomic mass is 32.2. The molecule has 1 saturated heterocycles. The third kappa shape index (κ3) is 4.79. The van der Waals surface area contributed by atoms with Gasteiger partial charge in [0.2, 0.25) is 11.7 Å². The van der Waals surface area contributed by atoms with E-state index in [9.17, 15) is 34.2 Å². The largest absolute Gasteiger partial charge is 0.507 e. The van der Waals surface area contributed by atoms with Gasteiger partial charge < -0.3 is 20.3 Å². The predicted octanol–water partition coefficient (Wildman–Crippen LogP) is 1.44. The molecular formula is C25H23N3O8S. The van der Waals surface area contributed by atoms with Crippen LogP contribution in [0.1, 0.15) is 25.5 Å². The van der Waals surface area contributed by atoms with Gasteiger partial charge in [-0.15, -0.1) is 11.8 Å². The number of rotatable bonds is 7. The van der Waals surface area contributed by atoms with Crippen LogP contribution in [0.3, 0.4) is 0 Å². The summed E-state index contributed by atoms with van der Waals surface area (Å²) in [5.74, 6) is -4.40. The van der Waals surface area contributed by atoms with Gasteiger partial charge in [-0.2, -0.15) is 0 Å². The van der Waals surface area contributed by atoms with Crippen LogP contribution in [0.2, 0.25) is 0 Å². The number of carboxylic acids is 1. The molecule has 1 aromatic carbocycles. The lowest BCUT2D eigenvalue weighted by molar-refractivity contribution is -0.150. The minimum absolute atomic E-state index is 0.0189. The highest BCUT2D eigenvalue weighted by Gasteiger charge is 2.54. The van der Waals surface area contributed by atoms with Gasteiger partial charge in [-0.1, -0.05) is 30.3 Å². The van der Waals surface area contributed by atoms with Gasteiger partial charge in [-0.05, 0) is 37.1 Å². The lowest BCUT2D eigenvalue weighted by atomic mass is 9.97. The van der Waals surface area contributed by atoms with Gasteiger partial charge in [0.15, 0.2) is 6.04 Å². The molecule has 12 heteroatoms. The summed E-state index contributed by atoms with van der Waals surface area (Å²) in [7, 11) is 0. The average Bonchev–Trinajstić information content (AvgIpc) is 2.87. The molecule has 2 amide bonds. The SMILES string of the molecule is CCOC(=O)C1=C(O)C=CC(=O)C1=N[C@@H](C(=O)N[C@@H]1C(=O)N2C(C(=O)O)=C(C)CS[C@H]12)c1ccccc1. The van der Waals surface area contributed by atoms with E-state index in [2.05, 4.69) is 10.3 Å². The highest BCUT2D eigenvalue weighted by Crippen LogP contribution is 2.40. The number of carbonyl (C=O) groups excluding carboxylic acids is 4. The Morgan fingerprint density at radius 2 is 1.92 bits per heavy atom. The first-order chi connectivity index (χ1) is 17.6. The van der Waals surface area contributed by atoms with Crippen LogP contribution in [0.15, 0.2) is 70.1 Å². The summed E-state index contributed by atoms with van der Waals surface area (Å²) in [4.78, 5) is 68.6. The molecule has 37 heavy (non-hydrogen) atoms. The van der Waals surface area contributed by atoms with Crippen LogP contribution in [0.25, 0.3) is 0 Å². The number of amides is 2. The van der Waals surface area contributed by atoms with Crippen molar-refractivity contribution >= 4 is 47.0 Å². The Kier molecular flexibility index (Phi) is 7.30. The molecule has 0 unspecified atom stereocenters. The Morgan fingerprint density at radius 1 is 1.22 bits per heavy atom. The Morgan fingerprint density at radius 3 is 2.57 bits per heavy atom. The third-order valence-corrected chi connectivity index (χ3v) is 7.30. The summed E-state index contributed by atoms with van der Waals surface area (Å²) in [6.45, 7) is 3.17. The summed E-state index contributed by atoms with van der Waals surface area (Å²) in [5.41, 5.74) is -0.119. The first kappa shape index (κ1) is 25.9. The minimum Gasteiger partial charge on any atom is -0.507 e. The van der Waals surface area contributed by atoms with Crippen molar-refractivity contribution in [3.8, 4) is 0 Å². The first-order valence-electron chi connectivity index (χ1n) is 11.3. The number of fused-ring (bicyclic) bond motifs is 1. The molecule has 0 radical (unpaired) electrons. The number of aliphatic carboxylic acids is 1. The monoisotopic (exact) mass is 525 g/mol. The second-order valence-electron chi connectivity index (χ2n) is 8.30. The molecule has 0 aromatic heterocycles. The number of nitrogens with zero attached hydrogens (tertiary/aromatic N) is 2. The molecule has 1 aromatic rings. The van der Waals surface area contributed by atoms with Crippen LogP contribution in [0.5, 0.6) is 0 Å². The van der Waals surface area contributed by atoms with Crippen molar-refractivity contribution in [3.05, 3.63) is 70.6 Å². The Bertz CT molecular complexity index is 1310. The summed E-state index contributed by atoms with van der Waals surface area (Å²) < 4.78 is 4.95. The number of aliphatic hydroxyl groups is 1. The van der Waals surface area contributed by atoms with Gasteiger partial charge >= 0.3 is 11.9 Å². The fourth-order valence-electron chi connectivity index (χ4n) is 4.15. The molecule has 1 aliphatic carbocycles. The van der Waals surface area contributed by atoms with E-state index in [-0.39, 0.29) is 12.3 Å². The van der Waals surface area contributed by atoms with E-state index in [4.69, 9.17) is 4.74 Å². The fourth-order valence-corrected chi connectivity index (χ4v) is 5.44. The lowest BCUT2D eigenvalue weighted by Gasteiger charge is -2.49. The van der Waals surface area contributed by atoms with Gasteiger partial charge in [-0.25, -0.2) is 9.59 Å². The van der Waals surface area contributed by atoms with Gasteiger partial charge in [-0.3, -0.25) is 24.3 Å². The second kappa shape index (κ2) is 10.4. The molecule has 3 atom stereocenters. The van der Waals surface area contributed by atoms with Gasteiger partial charge in [0.1, 0.15) is 34.2 Å². The van der Waals surface area contributed by atoms with E-state index in [0.717, 1.165) is 17.1 Å². The average molecular weight is 526 g/mol. The van der Waals surface area contributed by atoms with Crippen molar-refractivity contribution in [3.63, 3.8) is 0 Å². The standard InChI is InChI=1S/C25H23N3O8S/c1-3-36-25(35)16-14(29)9-10-15(30)18(16)26-17(13-7-5-4-6-8-13)21(31)27-19-22(32)28-20(24(33)34)12(2)11-37-23(19)28/h4-10,17,19,23,29H,3,11H2,1-2H3,(H,27,31)(H,33,34)/t17-,19-,23-/m1/s1. The Balaban J connectivity index is 1.67. The van der Waals surface area contributed by atoms with Crippen LogP contribution in [-0.4, -0.2) is 74.1 Å². The maximum Gasteiger partial charge on any atom is 0.352 e. The number of aliphatic imine (C=N–C) groups is 1. The number of carbonyl (C=O) groups is 5. The Labute approximate surface area is 215 Å². The molecule has 11 nitrogen and oxygen atoms in total. The van der Waals surface area contributed by atoms with Crippen LogP contribution < -0.4 is 5.32 Å². The zero-order valence-corrected chi connectivity index (χ0v) is 20.7. The number of β-lactam (4-membered cyclic amide) rings is 1. The Hall–Kier alpha value is -4.19. The predicted molar refractivity (Wildman–Crippen MR) is 132 cm³/mol. The maximum atomic E-state index is 13.5. The molecular weight excluding hydrogens is 502 g/mol. The van der Waals surface area contributed by atoms with Crippen molar-refractivity contribution in [1.82, 2.24) is 10.2 Å². The molecule has 0 spiro atoms. The number of benzene rings is 1. The zero-order valence-electron chi connectivity index (χ0n) is 19.8. The van der Waals surface area contributed by atoms with E-state index < -0.39 is 64.0 Å². The smallest absolute Gasteiger partial charge is 0.352 e. The number of thioether (sulfide) groups is 1. The molecule has 2 heterocycles. The van der Waals surface area contributed by atoms with Crippen LogP contribution >= 0.6 is 11.8 Å². The number of carboxylic acid groups (broad SMARTS) is 1. The van der Waals surface area contributed by atoms with E-state index in [0.29, 0.717) is 16.9 Å². The van der Waals surface area contributed by atoms with E-state index in [1.807, 2.05) is 0 Å². The zero-order chi connectivity index (χ0) is 26.9. The molecule has 3 aliphatic rings. The minimum atomic E-state index is -1.37. The summed E-state index contributed by atoms with van der Waals surface area (Å²) in [5, 5.41) is 21.8. The molecule has 192 valence electrons. The highest BCUT2D eigenvalue weighted by molar-refractivity contribution is 8.00. The van der Waals surface area contributed by atoms with Crippen molar-refractivity contribution in [2.75, 3.05) is 12.4 Å². The summed E-state index contributed by atoms with van der Waals surface area (Å²) in [6.07, 6.45) is 2.06. The number of nitrogens with one attached hydrogen (secondary N) is 1. The molecule has 2 aliphatic heterocycles. The molecule has 1 fully saturated rings. The number of ketones is 1. The van der Waals surface area contributed by atoms with Crippen molar-refractivity contribution < 1.29 is 38.9 Å². The van der Waals surface area contributed by atoms with Gasteiger partial charge in [0.25, 0.3) is 5.91 Å². The number of ether oxygens (including phenoxy) is 1. The number of aliphatic hydroxyl groups excluding tert-OH is 1. The fraction of sp³-hybridized carbons (Fsp3) is 0.280. The van der Waals surface area contributed by atoms with Gasteiger partial charge in [0.05, 0.1) is 6.61 Å². The molecule has 0 saturated carbocycles. The van der Waals surface area contributed by atoms with Crippen molar-refractivity contribution in [2.24, 2.45) is 4.99 Å². The molecule has 3 N–H and O–H groups in total. The molecule has 0 bridgehead atoms. The van der Waals surface area contributed by atoms with Crippen molar-refractivity contribution in [1.29, 1.82) is 0 Å². The topological polar surface area (TPSA) is 163 Å². The second-order valence-corrected chi connectivity index (χ2v) is 9.40. The number of hydrogen-bond acceptors (Lipinski definition) is 9. The van der Waals surface area contributed by atoms with Crippen LogP contribution in [0, 0.1) is 0 Å². The van der Waals surface area contributed by atoms with E-state index in [1.165, 1.54) is 11.8 Å². The van der Waals surface area contributed by atoms with E-state index in [1.54, 1.807) is 44.2 Å². The van der Waals surface area contributed by atoms with Gasteiger partial charge in [0, 0.05) is 5.75 Å². The quantitative estimate of drug-likeness (QED) is 0.272. The number of hydrogen-bond donors (Lipinski definition) is 3. The van der Waals surface area contributed by atoms with E-state index >= 15 is 0 Å². The molecule has 4 rings (SSSR count). The van der Waals surface area contributed by atoms with Crippen LogP contribution in [-0.2, 0) is 28.7 Å². The summed E-state index contributed by atoms with van der Waals surface area (Å²) in [6, 6.07) is 5.81. The normalized spacial score (nSPS) is 23.0. The first-order valence-corrected chi connectivity index (χ1v) is 12.3. The van der Waals surface area contributed by atoms with Crippen molar-refractivity contribution in [2.45, 2.75) is 31.3 Å². The number of allylic oxidation sites excluding steroid dienone is 2. The summed E-state index contributed by atoms with van der Waals surface area (Å²) >= 11 is 1.32. The van der Waals surface area contributed by atoms with Crippen LogP contribution in [0.4, 0.5) is 0 Å². The lowest BCUT2D eigenvalue weighted by Crippen LogP contribution is -2.70. The third-order valence-electron chi connectivity index (χ3n) is 5.88. The maximum absolute atomic E-state index is 13.5. The number of esters is 1.